The largest absolute Gasteiger partial charge is 0.479 e. The third kappa shape index (κ3) is 6.59. The molecule has 4 rings (SSSR count). The summed E-state index contributed by atoms with van der Waals surface area (Å²) < 4.78 is 22.2. The number of nitrogens with zero attached hydrogens (tertiary/aromatic N) is 3. The maximum Gasteiger partial charge on any atom is 0.399 e. The van der Waals surface area contributed by atoms with Crippen LogP contribution in [0.1, 0.15) is 68.2 Å². The zero-order valence-corrected chi connectivity index (χ0v) is 23.9. The third-order valence-electron chi connectivity index (χ3n) is 6.59. The van der Waals surface area contributed by atoms with Crippen molar-refractivity contribution < 1.29 is 23.4 Å². The summed E-state index contributed by atoms with van der Waals surface area (Å²) in [7, 11) is 2.90. The molecule has 1 aliphatic carbocycles. The lowest BCUT2D eigenvalue weighted by atomic mass is 9.86. The number of carbonyl (C=O) groups is 1. The summed E-state index contributed by atoms with van der Waals surface area (Å²) in [6.07, 6.45) is 3.35. The van der Waals surface area contributed by atoms with Gasteiger partial charge in [0.15, 0.2) is 11.4 Å². The fourth-order valence-electron chi connectivity index (χ4n) is 4.47. The maximum atomic E-state index is 13.0. The number of aromatic nitrogens is 3. The third-order valence-corrected chi connectivity index (χ3v) is 6.59. The van der Waals surface area contributed by atoms with Crippen LogP contribution in [0.15, 0.2) is 22.8 Å². The van der Waals surface area contributed by atoms with Crippen molar-refractivity contribution in [2.75, 3.05) is 37.9 Å². The number of amides is 1. The Hall–Kier alpha value is -3.86. The first-order chi connectivity index (χ1) is 18.4. The van der Waals surface area contributed by atoms with Crippen molar-refractivity contribution in [3.05, 3.63) is 40.8 Å². The predicted octanol–water partition coefficient (Wildman–Crippen LogP) is 4.86. The van der Waals surface area contributed by atoms with Gasteiger partial charge in [0.2, 0.25) is 17.7 Å². The zero-order valence-electron chi connectivity index (χ0n) is 23.9. The highest BCUT2D eigenvalue weighted by Gasteiger charge is 2.31. The van der Waals surface area contributed by atoms with Crippen LogP contribution in [0.3, 0.4) is 0 Å². The van der Waals surface area contributed by atoms with Crippen LogP contribution >= 0.6 is 0 Å². The standard InChI is InChI=1S/C28H38N6O5/c1-16-13-17-9-10-28(5,6)18(17)14-20(16)39-26-31-19(15-38-26)22(35)32-21-23(36-7)33-25(34-24(21)37-8)29-11-12-30-27(2,3)4/h13-15,30H,9-12H2,1-8H3,(H,32,35)(H,29,33,34). The molecular weight excluding hydrogens is 500 g/mol. The van der Waals surface area contributed by atoms with Gasteiger partial charge in [0.1, 0.15) is 12.0 Å². The van der Waals surface area contributed by atoms with Gasteiger partial charge in [0.05, 0.1) is 14.2 Å². The average molecular weight is 539 g/mol. The van der Waals surface area contributed by atoms with Gasteiger partial charge in [-0.3, -0.25) is 4.79 Å². The quantitative estimate of drug-likeness (QED) is 0.307. The molecule has 1 amide bonds. The Bertz CT molecular complexity index is 1320. The van der Waals surface area contributed by atoms with E-state index >= 15 is 0 Å². The van der Waals surface area contributed by atoms with Gasteiger partial charge in [-0.15, -0.1) is 0 Å². The van der Waals surface area contributed by atoms with Crippen LogP contribution in [0, 0.1) is 6.92 Å². The maximum absolute atomic E-state index is 13.0. The van der Waals surface area contributed by atoms with Gasteiger partial charge >= 0.3 is 6.08 Å². The number of carbonyl (C=O) groups excluding carboxylic acids is 1. The van der Waals surface area contributed by atoms with E-state index in [1.807, 2.05) is 13.0 Å². The van der Waals surface area contributed by atoms with Gasteiger partial charge in [-0.05, 0) is 68.7 Å². The second kappa shape index (κ2) is 11.1. The minimum atomic E-state index is -0.560. The molecule has 1 aromatic carbocycles. The minimum Gasteiger partial charge on any atom is -0.479 e. The average Bonchev–Trinajstić information content (AvgIpc) is 3.46. The number of hydrogen-bond acceptors (Lipinski definition) is 10. The SMILES string of the molecule is COc1nc(NCCNC(C)(C)C)nc(OC)c1NC(=O)c1coc(Oc2cc3c(cc2C)CCC3(C)C)n1. The molecule has 0 unspecified atom stereocenters. The van der Waals surface area contributed by atoms with E-state index in [0.717, 1.165) is 18.4 Å². The summed E-state index contributed by atoms with van der Waals surface area (Å²) in [6, 6.07) is 4.19. The van der Waals surface area contributed by atoms with Crippen molar-refractivity contribution in [1.82, 2.24) is 20.3 Å². The molecule has 0 fully saturated rings. The Morgan fingerprint density at radius 1 is 1.08 bits per heavy atom. The number of hydrogen-bond donors (Lipinski definition) is 3. The number of benzene rings is 1. The molecule has 0 atom stereocenters. The fraction of sp³-hybridized carbons (Fsp3) is 0.500. The minimum absolute atomic E-state index is 0.00503. The highest BCUT2D eigenvalue weighted by Crippen LogP contribution is 2.42. The summed E-state index contributed by atoms with van der Waals surface area (Å²) in [5.74, 6) is 0.670. The molecule has 0 aliphatic heterocycles. The van der Waals surface area contributed by atoms with Gasteiger partial charge in [-0.25, -0.2) is 0 Å². The van der Waals surface area contributed by atoms with E-state index in [2.05, 4.69) is 71.6 Å². The molecule has 1 aliphatic rings. The molecule has 0 radical (unpaired) electrons. The first-order valence-corrected chi connectivity index (χ1v) is 13.0. The molecule has 210 valence electrons. The molecule has 2 aromatic heterocycles. The molecule has 0 bridgehead atoms. The van der Waals surface area contributed by atoms with Crippen molar-refractivity contribution >= 4 is 17.5 Å². The molecule has 0 saturated heterocycles. The van der Waals surface area contributed by atoms with Crippen LogP contribution in [0.5, 0.6) is 23.6 Å². The monoisotopic (exact) mass is 538 g/mol. The summed E-state index contributed by atoms with van der Waals surface area (Å²) in [5.41, 5.74) is 3.84. The highest BCUT2D eigenvalue weighted by atomic mass is 16.6. The normalized spacial score (nSPS) is 14.1. The van der Waals surface area contributed by atoms with E-state index in [-0.39, 0.29) is 40.2 Å². The van der Waals surface area contributed by atoms with Crippen molar-refractivity contribution in [1.29, 1.82) is 0 Å². The predicted molar refractivity (Wildman–Crippen MR) is 148 cm³/mol. The van der Waals surface area contributed by atoms with Crippen LogP contribution in [0.2, 0.25) is 0 Å². The van der Waals surface area contributed by atoms with Crippen molar-refractivity contribution in [2.45, 2.75) is 65.3 Å². The topological polar surface area (TPSA) is 133 Å². The van der Waals surface area contributed by atoms with Crippen molar-refractivity contribution in [3.8, 4) is 23.6 Å². The molecule has 2 heterocycles. The Labute approximate surface area is 229 Å². The molecular formula is C28H38N6O5. The van der Waals surface area contributed by atoms with Crippen LogP contribution < -0.4 is 30.2 Å². The van der Waals surface area contributed by atoms with Gasteiger partial charge in [-0.1, -0.05) is 19.9 Å². The molecule has 11 nitrogen and oxygen atoms in total. The van der Waals surface area contributed by atoms with Crippen LogP contribution in [0.25, 0.3) is 0 Å². The number of fused-ring (bicyclic) bond motifs is 1. The lowest BCUT2D eigenvalue weighted by Gasteiger charge is -2.20. The van der Waals surface area contributed by atoms with E-state index in [9.17, 15) is 4.79 Å². The van der Waals surface area contributed by atoms with Gasteiger partial charge in [0, 0.05) is 18.6 Å². The summed E-state index contributed by atoms with van der Waals surface area (Å²) in [4.78, 5) is 26.0. The van der Waals surface area contributed by atoms with Crippen molar-refractivity contribution in [3.63, 3.8) is 0 Å². The Balaban J connectivity index is 1.46. The first kappa shape index (κ1) is 28.2. The van der Waals surface area contributed by atoms with Crippen LogP contribution in [-0.2, 0) is 11.8 Å². The Morgan fingerprint density at radius 3 is 2.41 bits per heavy atom. The second-order valence-electron chi connectivity index (χ2n) is 11.3. The van der Waals surface area contributed by atoms with E-state index < -0.39 is 5.91 Å². The number of ether oxygens (including phenoxy) is 3. The number of nitrogens with one attached hydrogen (secondary N) is 3. The molecule has 0 spiro atoms. The van der Waals surface area contributed by atoms with E-state index in [1.54, 1.807) is 0 Å². The van der Waals surface area contributed by atoms with Crippen molar-refractivity contribution in [2.24, 2.45) is 0 Å². The molecule has 3 aromatic rings. The molecule has 0 saturated carbocycles. The van der Waals surface area contributed by atoms with E-state index in [1.165, 1.54) is 31.6 Å². The Morgan fingerprint density at radius 2 is 1.77 bits per heavy atom. The van der Waals surface area contributed by atoms with E-state index in [0.29, 0.717) is 24.8 Å². The van der Waals surface area contributed by atoms with Gasteiger partial charge in [-0.2, -0.15) is 15.0 Å². The fourth-order valence-corrected chi connectivity index (χ4v) is 4.47. The number of anilines is 2. The summed E-state index contributed by atoms with van der Waals surface area (Å²) in [5, 5.41) is 9.22. The Kier molecular flexibility index (Phi) is 8.01. The molecule has 11 heteroatoms. The number of aryl methyl sites for hydroxylation is 2. The van der Waals surface area contributed by atoms with Crippen LogP contribution in [0.4, 0.5) is 11.6 Å². The molecule has 3 N–H and O–H groups in total. The smallest absolute Gasteiger partial charge is 0.399 e. The number of rotatable bonds is 10. The lowest BCUT2D eigenvalue weighted by molar-refractivity contribution is 0.102. The van der Waals surface area contributed by atoms with Crippen LogP contribution in [-0.4, -0.2) is 53.7 Å². The summed E-state index contributed by atoms with van der Waals surface area (Å²) >= 11 is 0. The number of methoxy groups -OCH3 is 2. The zero-order chi connectivity index (χ0) is 28.4. The van der Waals surface area contributed by atoms with Gasteiger partial charge in [0.25, 0.3) is 5.91 Å². The highest BCUT2D eigenvalue weighted by molar-refractivity contribution is 6.04. The van der Waals surface area contributed by atoms with Gasteiger partial charge < -0.3 is 34.6 Å². The number of oxazole rings is 1. The first-order valence-electron chi connectivity index (χ1n) is 13.0. The lowest BCUT2D eigenvalue weighted by Crippen LogP contribution is -2.38. The molecule has 39 heavy (non-hydrogen) atoms. The van der Waals surface area contributed by atoms with E-state index in [4.69, 9.17) is 18.6 Å². The second-order valence-corrected chi connectivity index (χ2v) is 11.3. The summed E-state index contributed by atoms with van der Waals surface area (Å²) in [6.45, 7) is 14.0.